The summed E-state index contributed by atoms with van der Waals surface area (Å²) in [7, 11) is -3.62. The molecule has 0 aliphatic carbocycles. The maximum atomic E-state index is 13.6. The van der Waals surface area contributed by atoms with Crippen molar-refractivity contribution in [3.8, 4) is 0 Å². The molecule has 1 fully saturated rings. The summed E-state index contributed by atoms with van der Waals surface area (Å²) in [5.41, 5.74) is 2.16. The number of amides is 1. The molecule has 2 aromatic carbocycles. The summed E-state index contributed by atoms with van der Waals surface area (Å²) >= 11 is 1.76. The lowest BCUT2D eigenvalue weighted by molar-refractivity contribution is 0.0986. The van der Waals surface area contributed by atoms with Gasteiger partial charge in [0, 0.05) is 29.6 Å². The molecule has 1 saturated heterocycles. The minimum Gasteiger partial charge on any atom is -0.307 e. The van der Waals surface area contributed by atoms with E-state index in [1.807, 2.05) is 38.1 Å². The van der Waals surface area contributed by atoms with Gasteiger partial charge in [0.2, 0.25) is 10.0 Å². The standard InChI is InChI=1S/C23H28N2O3S2/c1-17-11-12-19(30(27,28)25-14-6-5-8-18(25)2)16-20(17)23(26)24-13-7-15-29-22-10-4-3-9-21(22)24/h3-4,9-12,16,18H,5-8,13-15H2,1-2H3. The lowest BCUT2D eigenvalue weighted by atomic mass is 10.1. The van der Waals surface area contributed by atoms with Crippen LogP contribution in [0.4, 0.5) is 5.69 Å². The number of rotatable bonds is 3. The fourth-order valence-electron chi connectivity index (χ4n) is 4.24. The first-order chi connectivity index (χ1) is 14.4. The minimum atomic E-state index is -3.62. The highest BCUT2D eigenvalue weighted by atomic mass is 32.2. The van der Waals surface area contributed by atoms with E-state index in [0.717, 1.165) is 47.6 Å². The molecule has 2 heterocycles. The van der Waals surface area contributed by atoms with E-state index in [-0.39, 0.29) is 16.8 Å². The third-order valence-electron chi connectivity index (χ3n) is 5.97. The number of carbonyl (C=O) groups is 1. The van der Waals surface area contributed by atoms with E-state index in [4.69, 9.17) is 0 Å². The van der Waals surface area contributed by atoms with Crippen LogP contribution in [0.15, 0.2) is 52.3 Å². The molecule has 0 bridgehead atoms. The van der Waals surface area contributed by atoms with E-state index in [1.165, 1.54) is 0 Å². The maximum Gasteiger partial charge on any atom is 0.258 e. The van der Waals surface area contributed by atoms with Crippen LogP contribution in [0, 0.1) is 6.92 Å². The van der Waals surface area contributed by atoms with Gasteiger partial charge in [-0.25, -0.2) is 8.42 Å². The zero-order valence-electron chi connectivity index (χ0n) is 17.5. The van der Waals surface area contributed by atoms with Crippen molar-refractivity contribution in [2.75, 3.05) is 23.7 Å². The number of benzene rings is 2. The van der Waals surface area contributed by atoms with Crippen molar-refractivity contribution >= 4 is 33.4 Å². The van der Waals surface area contributed by atoms with Crippen molar-refractivity contribution in [3.63, 3.8) is 0 Å². The Morgan fingerprint density at radius 1 is 1.07 bits per heavy atom. The molecular formula is C23H28N2O3S2. The number of hydrogen-bond acceptors (Lipinski definition) is 4. The number of anilines is 1. The normalized spacial score (nSPS) is 20.5. The summed E-state index contributed by atoms with van der Waals surface area (Å²) in [6, 6.07) is 12.9. The molecule has 0 spiro atoms. The Morgan fingerprint density at radius 3 is 2.67 bits per heavy atom. The molecule has 0 radical (unpaired) electrons. The van der Waals surface area contributed by atoms with Gasteiger partial charge in [-0.15, -0.1) is 11.8 Å². The molecule has 2 aliphatic rings. The van der Waals surface area contributed by atoms with Gasteiger partial charge in [-0.2, -0.15) is 4.31 Å². The first-order valence-corrected chi connectivity index (χ1v) is 13.0. The summed E-state index contributed by atoms with van der Waals surface area (Å²) in [5, 5.41) is 0. The van der Waals surface area contributed by atoms with Crippen LogP contribution in [0.25, 0.3) is 0 Å². The van der Waals surface area contributed by atoms with Crippen molar-refractivity contribution < 1.29 is 13.2 Å². The average molecular weight is 445 g/mol. The Bertz CT molecular complexity index is 1050. The summed E-state index contributed by atoms with van der Waals surface area (Å²) in [4.78, 5) is 16.7. The fourth-order valence-corrected chi connectivity index (χ4v) is 6.96. The van der Waals surface area contributed by atoms with Crippen molar-refractivity contribution in [1.29, 1.82) is 0 Å². The quantitative estimate of drug-likeness (QED) is 0.689. The number of thioether (sulfide) groups is 1. The molecule has 0 aromatic heterocycles. The second kappa shape index (κ2) is 8.73. The molecule has 160 valence electrons. The monoisotopic (exact) mass is 444 g/mol. The first-order valence-electron chi connectivity index (χ1n) is 10.6. The minimum absolute atomic E-state index is 0.0151. The van der Waals surface area contributed by atoms with Crippen molar-refractivity contribution in [1.82, 2.24) is 4.31 Å². The van der Waals surface area contributed by atoms with Crippen molar-refractivity contribution in [3.05, 3.63) is 53.6 Å². The number of aryl methyl sites for hydroxylation is 1. The predicted molar refractivity (Wildman–Crippen MR) is 122 cm³/mol. The van der Waals surface area contributed by atoms with Crippen LogP contribution in [-0.2, 0) is 10.0 Å². The molecule has 5 nitrogen and oxygen atoms in total. The number of piperidine rings is 1. The van der Waals surface area contributed by atoms with Gasteiger partial charge >= 0.3 is 0 Å². The van der Waals surface area contributed by atoms with Crippen LogP contribution < -0.4 is 4.90 Å². The first kappa shape index (κ1) is 21.4. The van der Waals surface area contributed by atoms with Gasteiger partial charge in [0.05, 0.1) is 10.6 Å². The second-order valence-electron chi connectivity index (χ2n) is 8.06. The van der Waals surface area contributed by atoms with Crippen LogP contribution in [0.5, 0.6) is 0 Å². The molecule has 0 N–H and O–H groups in total. The lowest BCUT2D eigenvalue weighted by Crippen LogP contribution is -2.42. The molecule has 1 atom stereocenters. The molecule has 2 aliphatic heterocycles. The molecule has 1 unspecified atom stereocenters. The van der Waals surface area contributed by atoms with Gasteiger partial charge in [-0.05, 0) is 68.7 Å². The van der Waals surface area contributed by atoms with Crippen molar-refractivity contribution in [2.45, 2.75) is 55.4 Å². The molecule has 4 rings (SSSR count). The third kappa shape index (κ3) is 4.03. The lowest BCUT2D eigenvalue weighted by Gasteiger charge is -2.32. The summed E-state index contributed by atoms with van der Waals surface area (Å²) in [6.45, 7) is 4.99. The number of nitrogens with zero attached hydrogens (tertiary/aromatic N) is 2. The van der Waals surface area contributed by atoms with E-state index < -0.39 is 10.0 Å². The third-order valence-corrected chi connectivity index (χ3v) is 9.13. The highest BCUT2D eigenvalue weighted by molar-refractivity contribution is 7.99. The van der Waals surface area contributed by atoms with E-state index in [2.05, 4.69) is 0 Å². The van der Waals surface area contributed by atoms with Crippen LogP contribution in [0.3, 0.4) is 0 Å². The predicted octanol–water partition coefficient (Wildman–Crippen LogP) is 4.70. The Balaban J connectivity index is 1.71. The Morgan fingerprint density at radius 2 is 1.87 bits per heavy atom. The molecule has 30 heavy (non-hydrogen) atoms. The number of para-hydroxylation sites is 1. The highest BCUT2D eigenvalue weighted by Gasteiger charge is 2.32. The van der Waals surface area contributed by atoms with E-state index in [1.54, 1.807) is 39.2 Å². The van der Waals surface area contributed by atoms with Gasteiger partial charge in [-0.3, -0.25) is 4.79 Å². The van der Waals surface area contributed by atoms with E-state index >= 15 is 0 Å². The molecule has 2 aromatic rings. The highest BCUT2D eigenvalue weighted by Crippen LogP contribution is 2.35. The smallest absolute Gasteiger partial charge is 0.258 e. The summed E-state index contributed by atoms with van der Waals surface area (Å²) in [6.07, 6.45) is 3.70. The number of hydrogen-bond donors (Lipinski definition) is 0. The van der Waals surface area contributed by atoms with Gasteiger partial charge in [0.1, 0.15) is 0 Å². The van der Waals surface area contributed by atoms with Gasteiger partial charge in [0.15, 0.2) is 0 Å². The Hall–Kier alpha value is -1.83. The van der Waals surface area contributed by atoms with Gasteiger partial charge in [0.25, 0.3) is 5.91 Å². The molecular weight excluding hydrogens is 416 g/mol. The van der Waals surface area contributed by atoms with Gasteiger partial charge < -0.3 is 4.90 Å². The van der Waals surface area contributed by atoms with E-state index in [9.17, 15) is 13.2 Å². The SMILES string of the molecule is Cc1ccc(S(=O)(=O)N2CCCCC2C)cc1C(=O)N1CCCSc2ccccc21. The van der Waals surface area contributed by atoms with E-state index in [0.29, 0.717) is 18.7 Å². The largest absolute Gasteiger partial charge is 0.307 e. The molecule has 1 amide bonds. The maximum absolute atomic E-state index is 13.6. The van der Waals surface area contributed by atoms with Gasteiger partial charge in [-0.1, -0.05) is 24.6 Å². The summed E-state index contributed by atoms with van der Waals surface area (Å²) < 4.78 is 28.2. The zero-order valence-corrected chi connectivity index (χ0v) is 19.1. The molecule has 0 saturated carbocycles. The number of fused-ring (bicyclic) bond motifs is 1. The average Bonchev–Trinajstić information content (AvgIpc) is 2.96. The summed E-state index contributed by atoms with van der Waals surface area (Å²) in [5.74, 6) is 0.826. The zero-order chi connectivity index (χ0) is 21.3. The Labute approximate surface area is 183 Å². The number of sulfonamides is 1. The second-order valence-corrected chi connectivity index (χ2v) is 11.1. The van der Waals surface area contributed by atoms with Crippen LogP contribution >= 0.6 is 11.8 Å². The number of carbonyl (C=O) groups excluding carboxylic acids is 1. The topological polar surface area (TPSA) is 57.7 Å². The van der Waals surface area contributed by atoms with Crippen molar-refractivity contribution in [2.24, 2.45) is 0 Å². The molecule has 7 heteroatoms. The van der Waals surface area contributed by atoms with Crippen LogP contribution in [0.2, 0.25) is 0 Å². The fraction of sp³-hybridized carbons (Fsp3) is 0.435. The van der Waals surface area contributed by atoms with Crippen LogP contribution in [-0.4, -0.2) is 43.5 Å². The Kier molecular flexibility index (Phi) is 6.23. The van der Waals surface area contributed by atoms with Crippen LogP contribution in [0.1, 0.15) is 48.5 Å².